The summed E-state index contributed by atoms with van der Waals surface area (Å²) in [6.45, 7) is 7.01. The molecule has 0 spiro atoms. The lowest BCUT2D eigenvalue weighted by atomic mass is 10.1. The Morgan fingerprint density at radius 1 is 1.50 bits per heavy atom. The predicted molar refractivity (Wildman–Crippen MR) is 57.2 cm³/mol. The third-order valence-corrected chi connectivity index (χ3v) is 2.20. The van der Waals surface area contributed by atoms with E-state index in [1.54, 1.807) is 7.11 Å². The van der Waals surface area contributed by atoms with Gasteiger partial charge >= 0.3 is 0 Å². The maximum atomic E-state index is 11.5. The minimum Gasteiger partial charge on any atom is -0.377 e. The van der Waals surface area contributed by atoms with Crippen LogP contribution in [0, 0.1) is 5.92 Å². The van der Waals surface area contributed by atoms with E-state index in [0.717, 1.165) is 0 Å². The number of rotatable bonds is 6. The maximum Gasteiger partial charge on any atom is 0.224 e. The minimum absolute atomic E-state index is 0.00680. The van der Waals surface area contributed by atoms with E-state index in [2.05, 4.69) is 10.6 Å². The van der Waals surface area contributed by atoms with Crippen molar-refractivity contribution < 1.29 is 9.53 Å². The van der Waals surface area contributed by atoms with E-state index in [9.17, 15) is 4.79 Å². The number of ether oxygens (including phenoxy) is 1. The lowest BCUT2D eigenvalue weighted by Crippen LogP contribution is -2.43. The lowest BCUT2D eigenvalue weighted by Gasteiger charge is -2.24. The fourth-order valence-electron chi connectivity index (χ4n) is 0.945. The summed E-state index contributed by atoms with van der Waals surface area (Å²) in [5.41, 5.74) is -0.297. The van der Waals surface area contributed by atoms with E-state index in [-0.39, 0.29) is 17.4 Å². The van der Waals surface area contributed by atoms with Crippen molar-refractivity contribution in [3.63, 3.8) is 0 Å². The molecule has 0 saturated carbocycles. The molecule has 0 aromatic rings. The minimum atomic E-state index is -0.297. The molecule has 0 aromatic carbocycles. The highest BCUT2D eigenvalue weighted by Crippen LogP contribution is 2.05. The fourth-order valence-corrected chi connectivity index (χ4v) is 0.945. The third-order valence-electron chi connectivity index (χ3n) is 2.20. The van der Waals surface area contributed by atoms with Crippen LogP contribution in [-0.2, 0) is 9.53 Å². The molecular formula is C10H22N2O2. The number of carbonyl (C=O) groups excluding carboxylic acids is 1. The van der Waals surface area contributed by atoms with Crippen molar-refractivity contribution in [1.82, 2.24) is 10.6 Å². The van der Waals surface area contributed by atoms with Crippen molar-refractivity contribution in [1.29, 1.82) is 0 Å². The second-order valence-electron chi connectivity index (χ2n) is 4.14. The normalized spacial score (nSPS) is 13.8. The molecule has 84 valence electrons. The van der Waals surface area contributed by atoms with Crippen LogP contribution in [0.1, 0.15) is 20.8 Å². The summed E-state index contributed by atoms with van der Waals surface area (Å²) < 4.78 is 5.20. The molecule has 1 unspecified atom stereocenters. The Hall–Kier alpha value is -0.610. The van der Waals surface area contributed by atoms with Crippen molar-refractivity contribution in [2.75, 3.05) is 27.2 Å². The summed E-state index contributed by atoms with van der Waals surface area (Å²) in [4.78, 5) is 11.5. The zero-order valence-corrected chi connectivity index (χ0v) is 9.81. The number of methoxy groups -OCH3 is 1. The van der Waals surface area contributed by atoms with Gasteiger partial charge in [0.05, 0.1) is 5.60 Å². The molecule has 0 aliphatic carbocycles. The van der Waals surface area contributed by atoms with Crippen molar-refractivity contribution in [3.05, 3.63) is 0 Å². The van der Waals surface area contributed by atoms with Crippen LogP contribution in [0.25, 0.3) is 0 Å². The number of hydrogen-bond acceptors (Lipinski definition) is 3. The van der Waals surface area contributed by atoms with Crippen molar-refractivity contribution in [2.24, 2.45) is 5.92 Å². The molecule has 0 aromatic heterocycles. The average molecular weight is 202 g/mol. The molecule has 2 N–H and O–H groups in total. The Bertz CT molecular complexity index is 181. The Labute approximate surface area is 86.4 Å². The first-order valence-corrected chi connectivity index (χ1v) is 4.90. The summed E-state index contributed by atoms with van der Waals surface area (Å²) in [6, 6.07) is 0. The molecule has 4 nitrogen and oxygen atoms in total. The molecule has 0 radical (unpaired) electrons. The van der Waals surface area contributed by atoms with Gasteiger partial charge in [0.25, 0.3) is 0 Å². The smallest absolute Gasteiger partial charge is 0.224 e. The Kier molecular flexibility index (Phi) is 5.72. The molecule has 0 aliphatic rings. The van der Waals surface area contributed by atoms with Crippen LogP contribution in [0.3, 0.4) is 0 Å². The van der Waals surface area contributed by atoms with Gasteiger partial charge in [-0.2, -0.15) is 0 Å². The second kappa shape index (κ2) is 5.98. The molecule has 14 heavy (non-hydrogen) atoms. The van der Waals surface area contributed by atoms with Crippen molar-refractivity contribution in [2.45, 2.75) is 26.4 Å². The van der Waals surface area contributed by atoms with E-state index >= 15 is 0 Å². The molecule has 0 heterocycles. The fraction of sp³-hybridized carbons (Fsp3) is 0.900. The Balaban J connectivity index is 3.84. The van der Waals surface area contributed by atoms with Crippen LogP contribution < -0.4 is 10.6 Å². The molecule has 1 amide bonds. The number of hydrogen-bond donors (Lipinski definition) is 2. The molecule has 1 atom stereocenters. The van der Waals surface area contributed by atoms with Crippen LogP contribution in [0.4, 0.5) is 0 Å². The largest absolute Gasteiger partial charge is 0.377 e. The summed E-state index contributed by atoms with van der Waals surface area (Å²) in [7, 11) is 3.48. The van der Waals surface area contributed by atoms with Gasteiger partial charge in [0.15, 0.2) is 0 Å². The van der Waals surface area contributed by atoms with Crippen molar-refractivity contribution >= 4 is 5.91 Å². The molecule has 0 fully saturated rings. The SMILES string of the molecule is CNCC(C)C(=O)NCC(C)(C)OC. The van der Waals surface area contributed by atoms with Crippen LogP contribution >= 0.6 is 0 Å². The third kappa shape index (κ3) is 5.19. The number of nitrogens with one attached hydrogen (secondary N) is 2. The molecular weight excluding hydrogens is 180 g/mol. The van der Waals surface area contributed by atoms with Crippen LogP contribution in [0.2, 0.25) is 0 Å². The monoisotopic (exact) mass is 202 g/mol. The van der Waals surface area contributed by atoms with Gasteiger partial charge in [0.2, 0.25) is 5.91 Å². The second-order valence-corrected chi connectivity index (χ2v) is 4.14. The predicted octanol–water partition coefficient (Wildman–Crippen LogP) is 0.383. The first-order chi connectivity index (χ1) is 6.43. The topological polar surface area (TPSA) is 50.4 Å². The summed E-state index contributed by atoms with van der Waals surface area (Å²) in [5, 5.41) is 5.82. The van der Waals surface area contributed by atoms with Gasteiger partial charge < -0.3 is 15.4 Å². The average Bonchev–Trinajstić information content (AvgIpc) is 2.15. The Morgan fingerprint density at radius 3 is 2.50 bits per heavy atom. The number of amides is 1. The quantitative estimate of drug-likeness (QED) is 0.655. The molecule has 0 rings (SSSR count). The van der Waals surface area contributed by atoms with Crippen LogP contribution in [0.15, 0.2) is 0 Å². The highest BCUT2D eigenvalue weighted by atomic mass is 16.5. The molecule has 4 heteroatoms. The molecule has 0 aliphatic heterocycles. The van der Waals surface area contributed by atoms with Gasteiger partial charge in [-0.25, -0.2) is 0 Å². The van der Waals surface area contributed by atoms with Gasteiger partial charge in [-0.3, -0.25) is 4.79 Å². The zero-order chi connectivity index (χ0) is 11.2. The zero-order valence-electron chi connectivity index (χ0n) is 9.81. The first-order valence-electron chi connectivity index (χ1n) is 4.90. The van der Waals surface area contributed by atoms with Crippen molar-refractivity contribution in [3.8, 4) is 0 Å². The van der Waals surface area contributed by atoms with Gasteiger partial charge in [0.1, 0.15) is 0 Å². The molecule has 0 bridgehead atoms. The lowest BCUT2D eigenvalue weighted by molar-refractivity contribution is -0.125. The summed E-state index contributed by atoms with van der Waals surface area (Å²) >= 11 is 0. The highest BCUT2D eigenvalue weighted by Gasteiger charge is 2.19. The highest BCUT2D eigenvalue weighted by molar-refractivity contribution is 5.78. The summed E-state index contributed by atoms with van der Waals surface area (Å²) in [6.07, 6.45) is 0. The van der Waals surface area contributed by atoms with Gasteiger partial charge in [-0.1, -0.05) is 6.92 Å². The van der Waals surface area contributed by atoms with Gasteiger partial charge in [0, 0.05) is 26.1 Å². The van der Waals surface area contributed by atoms with E-state index in [1.165, 1.54) is 0 Å². The van der Waals surface area contributed by atoms with Gasteiger partial charge in [-0.05, 0) is 20.9 Å². The van der Waals surface area contributed by atoms with Gasteiger partial charge in [-0.15, -0.1) is 0 Å². The first kappa shape index (κ1) is 13.4. The van der Waals surface area contributed by atoms with E-state index < -0.39 is 0 Å². The maximum absolute atomic E-state index is 11.5. The number of carbonyl (C=O) groups is 1. The van der Waals surface area contributed by atoms with Crippen LogP contribution in [-0.4, -0.2) is 38.8 Å². The van der Waals surface area contributed by atoms with Crippen LogP contribution in [0.5, 0.6) is 0 Å². The van der Waals surface area contributed by atoms with E-state index in [0.29, 0.717) is 13.1 Å². The summed E-state index contributed by atoms with van der Waals surface area (Å²) in [5.74, 6) is 0.0529. The standard InChI is InChI=1S/C10H22N2O2/c1-8(6-11-4)9(13)12-7-10(2,3)14-5/h8,11H,6-7H2,1-5H3,(H,12,13). The van der Waals surface area contributed by atoms with E-state index in [4.69, 9.17) is 4.74 Å². The molecule has 0 saturated heterocycles. The van der Waals surface area contributed by atoms with E-state index in [1.807, 2.05) is 27.8 Å². The Morgan fingerprint density at radius 2 is 2.07 bits per heavy atom.